The van der Waals surface area contributed by atoms with E-state index in [-0.39, 0.29) is 36.4 Å². The van der Waals surface area contributed by atoms with Crippen LogP contribution < -0.4 is 14.8 Å². The smallest absolute Gasteiger partial charge is 0.247 e. The van der Waals surface area contributed by atoms with Crippen LogP contribution >= 0.6 is 0 Å². The molecule has 2 rings (SSSR count). The van der Waals surface area contributed by atoms with Gasteiger partial charge in [0.25, 0.3) is 0 Å². The number of benzene rings is 2. The van der Waals surface area contributed by atoms with Gasteiger partial charge in [0.2, 0.25) is 11.8 Å². The summed E-state index contributed by atoms with van der Waals surface area (Å²) in [6.45, 7) is 4.93. The van der Waals surface area contributed by atoms with Gasteiger partial charge in [0, 0.05) is 13.1 Å². The predicted molar refractivity (Wildman–Crippen MR) is 250 cm³/mol. The van der Waals surface area contributed by atoms with E-state index < -0.39 is 6.04 Å². The molecule has 0 heterocycles. The number of allylic oxidation sites excluding steroid dienone is 3. The Morgan fingerprint density at radius 2 is 1.00 bits per heavy atom. The van der Waals surface area contributed by atoms with Gasteiger partial charge in [0.05, 0.1) is 14.2 Å². The summed E-state index contributed by atoms with van der Waals surface area (Å²) in [6, 6.07) is 9.36. The number of aromatic hydroxyl groups is 2. The van der Waals surface area contributed by atoms with Crippen LogP contribution in [0.3, 0.4) is 0 Å². The first-order valence-electron chi connectivity index (χ1n) is 24.0. The van der Waals surface area contributed by atoms with Gasteiger partial charge in [0.15, 0.2) is 23.0 Å². The monoisotopic (exact) mass is 833 g/mol. The number of hydrogen-bond donors (Lipinski definition) is 3. The van der Waals surface area contributed by atoms with E-state index in [0.717, 1.165) is 68.9 Å². The number of rotatable bonds is 37. The molecule has 0 aliphatic carbocycles. The van der Waals surface area contributed by atoms with E-state index >= 15 is 0 Å². The van der Waals surface area contributed by atoms with E-state index in [4.69, 9.17) is 9.47 Å². The van der Waals surface area contributed by atoms with Crippen molar-refractivity contribution in [2.24, 2.45) is 0 Å². The van der Waals surface area contributed by atoms with Crippen LogP contribution in [0.5, 0.6) is 23.0 Å². The maximum Gasteiger partial charge on any atom is 0.247 e. The van der Waals surface area contributed by atoms with Crippen LogP contribution in [0.4, 0.5) is 0 Å². The molecule has 0 spiro atoms. The molecule has 0 bridgehead atoms. The van der Waals surface area contributed by atoms with Crippen molar-refractivity contribution in [1.82, 2.24) is 10.2 Å². The molecule has 0 saturated heterocycles. The van der Waals surface area contributed by atoms with E-state index in [1.165, 1.54) is 123 Å². The summed E-state index contributed by atoms with van der Waals surface area (Å²) in [5.74, 6) is 0.268. The Morgan fingerprint density at radius 3 is 1.48 bits per heavy atom. The number of carbonyl (C=O) groups is 2. The molecule has 2 aromatic rings. The number of unbranched alkanes of at least 4 members (excludes halogenated alkanes) is 23. The van der Waals surface area contributed by atoms with E-state index in [9.17, 15) is 19.8 Å². The molecular formula is C52H84N2O6. The highest BCUT2D eigenvalue weighted by Gasteiger charge is 2.29. The zero-order valence-electron chi connectivity index (χ0n) is 38.3. The van der Waals surface area contributed by atoms with Crippen LogP contribution in [0, 0.1) is 0 Å². The molecule has 0 radical (unpaired) electrons. The number of phenols is 2. The van der Waals surface area contributed by atoms with Crippen LogP contribution in [-0.4, -0.2) is 47.2 Å². The number of hydrogen-bond acceptors (Lipinski definition) is 6. The molecule has 0 aromatic heterocycles. The van der Waals surface area contributed by atoms with Gasteiger partial charge in [0.1, 0.15) is 6.04 Å². The molecule has 2 aromatic carbocycles. The fourth-order valence-corrected chi connectivity index (χ4v) is 7.72. The van der Waals surface area contributed by atoms with Crippen molar-refractivity contribution < 1.29 is 29.3 Å². The Hall–Kier alpha value is -3.94. The minimum absolute atomic E-state index is 0.0210. The normalized spacial score (nSPS) is 12.0. The summed E-state index contributed by atoms with van der Waals surface area (Å²) in [6.07, 6.45) is 40.5. The summed E-state index contributed by atoms with van der Waals surface area (Å²) >= 11 is 0. The summed E-state index contributed by atoms with van der Waals surface area (Å²) in [4.78, 5) is 29.9. The molecule has 60 heavy (non-hydrogen) atoms. The minimum atomic E-state index is -0.713. The Labute approximate surface area is 365 Å². The van der Waals surface area contributed by atoms with Gasteiger partial charge < -0.3 is 29.9 Å². The minimum Gasteiger partial charge on any atom is -0.504 e. The van der Waals surface area contributed by atoms with Crippen molar-refractivity contribution >= 4 is 11.8 Å². The largest absolute Gasteiger partial charge is 0.504 e. The van der Waals surface area contributed by atoms with Gasteiger partial charge in [-0.15, -0.1) is 0 Å². The van der Waals surface area contributed by atoms with Crippen molar-refractivity contribution in [2.75, 3.05) is 14.2 Å². The lowest BCUT2D eigenvalue weighted by atomic mass is 10.0. The van der Waals surface area contributed by atoms with Crippen molar-refractivity contribution in [3.63, 3.8) is 0 Å². The highest BCUT2D eigenvalue weighted by Crippen LogP contribution is 2.29. The Bertz CT molecular complexity index is 1470. The van der Waals surface area contributed by atoms with Crippen molar-refractivity contribution in [3.05, 3.63) is 71.8 Å². The number of carbonyl (C=O) groups excluding carboxylic acids is 2. The van der Waals surface area contributed by atoms with Gasteiger partial charge in [-0.1, -0.05) is 173 Å². The SMILES string of the molecule is CCCCCCCC/C=C\CCCCCCC(C(=O)NCc1ccc(O)c(OC)c1)N(Cc1ccc(O)c(OC)c1)C(=O)C=CCCCCCCCCCCCCCCC. The lowest BCUT2D eigenvalue weighted by Gasteiger charge is -2.31. The number of methoxy groups -OCH3 is 2. The number of amides is 2. The van der Waals surface area contributed by atoms with Crippen molar-refractivity contribution in [2.45, 2.75) is 206 Å². The highest BCUT2D eigenvalue weighted by atomic mass is 16.5. The second-order valence-electron chi connectivity index (χ2n) is 16.7. The summed E-state index contributed by atoms with van der Waals surface area (Å²) in [5, 5.41) is 23.5. The molecule has 0 saturated carbocycles. The van der Waals surface area contributed by atoms with Crippen LogP contribution in [0.25, 0.3) is 0 Å². The fourth-order valence-electron chi connectivity index (χ4n) is 7.72. The molecule has 1 atom stereocenters. The van der Waals surface area contributed by atoms with E-state index in [1.807, 2.05) is 6.08 Å². The number of nitrogens with one attached hydrogen (secondary N) is 1. The van der Waals surface area contributed by atoms with Crippen molar-refractivity contribution in [3.8, 4) is 23.0 Å². The Morgan fingerprint density at radius 1 is 0.583 bits per heavy atom. The lowest BCUT2D eigenvalue weighted by molar-refractivity contribution is -0.138. The summed E-state index contributed by atoms with van der Waals surface area (Å²) in [7, 11) is 3.00. The van der Waals surface area contributed by atoms with Gasteiger partial charge in [-0.3, -0.25) is 9.59 Å². The first-order valence-corrected chi connectivity index (χ1v) is 24.0. The molecule has 0 fully saturated rings. The molecule has 0 aliphatic heterocycles. The van der Waals surface area contributed by atoms with E-state index in [0.29, 0.717) is 17.9 Å². The van der Waals surface area contributed by atoms with Gasteiger partial charge in [-0.25, -0.2) is 0 Å². The second-order valence-corrected chi connectivity index (χ2v) is 16.7. The van der Waals surface area contributed by atoms with Gasteiger partial charge >= 0.3 is 0 Å². The molecule has 1 unspecified atom stereocenters. The topological polar surface area (TPSA) is 108 Å². The third kappa shape index (κ3) is 23.7. The molecule has 0 aliphatic rings. The molecular weight excluding hydrogens is 749 g/mol. The average Bonchev–Trinajstić information content (AvgIpc) is 3.25. The Balaban J connectivity index is 2.05. The van der Waals surface area contributed by atoms with Gasteiger partial charge in [-0.2, -0.15) is 0 Å². The third-order valence-corrected chi connectivity index (χ3v) is 11.5. The highest BCUT2D eigenvalue weighted by molar-refractivity contribution is 5.93. The maximum atomic E-state index is 14.1. The molecule has 3 N–H and O–H groups in total. The molecule has 2 amide bonds. The summed E-state index contributed by atoms with van der Waals surface area (Å²) < 4.78 is 10.7. The Kier molecular flexibility index (Phi) is 30.2. The van der Waals surface area contributed by atoms with Gasteiger partial charge in [-0.05, 0) is 86.4 Å². The third-order valence-electron chi connectivity index (χ3n) is 11.5. The summed E-state index contributed by atoms with van der Waals surface area (Å²) in [5.41, 5.74) is 1.54. The zero-order chi connectivity index (χ0) is 43.5. The first kappa shape index (κ1) is 52.2. The fraction of sp³-hybridized carbons (Fsp3) is 0.654. The standard InChI is InChI=1S/C52H84N2O6/c1-5-7-9-11-13-15-17-19-21-23-25-27-29-31-33-35-51(57)54(43-45-37-39-48(56)50(41-45)60-4)46(52(58)53-42-44-36-38-47(55)49(40-44)59-3)34-32-30-28-26-24-22-20-18-16-14-12-10-8-6-2/h20,22,33,35-41,46,55-56H,5-19,21,23-32,34,42-43H2,1-4H3,(H,53,58)/b22-20-,35-33?. The average molecular weight is 833 g/mol. The van der Waals surface area contributed by atoms with E-state index in [2.05, 4.69) is 31.3 Å². The molecule has 8 heteroatoms. The maximum absolute atomic E-state index is 14.1. The van der Waals surface area contributed by atoms with Crippen LogP contribution in [0.2, 0.25) is 0 Å². The molecule has 8 nitrogen and oxygen atoms in total. The van der Waals surface area contributed by atoms with Crippen molar-refractivity contribution in [1.29, 1.82) is 0 Å². The predicted octanol–water partition coefficient (Wildman–Crippen LogP) is 13.8. The number of ether oxygens (including phenoxy) is 2. The van der Waals surface area contributed by atoms with Crippen LogP contribution in [-0.2, 0) is 22.7 Å². The number of phenolic OH excluding ortho intramolecular Hbond substituents is 2. The first-order chi connectivity index (χ1) is 29.3. The molecule has 338 valence electrons. The quantitative estimate of drug-likeness (QED) is 0.0355. The lowest BCUT2D eigenvalue weighted by Crippen LogP contribution is -2.48. The zero-order valence-corrected chi connectivity index (χ0v) is 38.3. The van der Waals surface area contributed by atoms with E-state index in [1.54, 1.807) is 47.4 Å². The number of nitrogens with zero attached hydrogens (tertiary/aromatic N) is 1. The van der Waals surface area contributed by atoms with Crippen LogP contribution in [0.15, 0.2) is 60.7 Å². The second kappa shape index (κ2) is 34.7. The van der Waals surface area contributed by atoms with Crippen LogP contribution in [0.1, 0.15) is 198 Å².